The van der Waals surface area contributed by atoms with E-state index in [1.54, 1.807) is 0 Å². The van der Waals surface area contributed by atoms with E-state index in [1.807, 2.05) is 0 Å². The quantitative estimate of drug-likeness (QED) is 0.541. The van der Waals surface area contributed by atoms with Crippen LogP contribution in [0.4, 0.5) is 0 Å². The molecular weight excluding hydrogens is 126 g/mol. The Bertz CT molecular complexity index is 88.3. The second-order valence-electron chi connectivity index (χ2n) is 3.34. The Morgan fingerprint density at radius 2 is 2.10 bits per heavy atom. The molecule has 0 aromatic heterocycles. The Morgan fingerprint density at radius 3 is 2.90 bits per heavy atom. The zero-order valence-electron chi connectivity index (χ0n) is 6.31. The summed E-state index contributed by atoms with van der Waals surface area (Å²) in [6.45, 7) is 2.04. The summed E-state index contributed by atoms with van der Waals surface area (Å²) in [5.74, 6) is 0. The Morgan fingerprint density at radius 1 is 1.20 bits per heavy atom. The molecule has 2 unspecified atom stereocenters. The van der Waals surface area contributed by atoms with E-state index >= 15 is 0 Å². The van der Waals surface area contributed by atoms with Crippen LogP contribution in [0.3, 0.4) is 0 Å². The Balaban J connectivity index is 1.94. The normalized spacial score (nSPS) is 40.8. The molecule has 2 nitrogen and oxygen atoms in total. The first kappa shape index (κ1) is 6.62. The summed E-state index contributed by atoms with van der Waals surface area (Å²) in [4.78, 5) is 0. The fourth-order valence-corrected chi connectivity index (χ4v) is 1.80. The highest BCUT2D eigenvalue weighted by Gasteiger charge is 2.22. The van der Waals surface area contributed by atoms with E-state index in [2.05, 4.69) is 5.32 Å². The van der Waals surface area contributed by atoms with Crippen molar-refractivity contribution in [3.8, 4) is 0 Å². The molecule has 58 valence electrons. The zero-order chi connectivity index (χ0) is 6.81. The highest BCUT2D eigenvalue weighted by atomic mass is 16.5. The van der Waals surface area contributed by atoms with Crippen LogP contribution < -0.4 is 5.32 Å². The Kier molecular flexibility index (Phi) is 1.91. The minimum atomic E-state index is 0.525. The molecule has 3 saturated heterocycles. The smallest absolute Gasteiger partial charge is 0.0700 e. The van der Waals surface area contributed by atoms with Crippen molar-refractivity contribution >= 4 is 0 Å². The average Bonchev–Trinajstić information content (AvgIpc) is 1.89. The molecule has 3 fully saturated rings. The van der Waals surface area contributed by atoms with Gasteiger partial charge in [0.1, 0.15) is 0 Å². The van der Waals surface area contributed by atoms with Crippen LogP contribution in [0.5, 0.6) is 0 Å². The summed E-state index contributed by atoms with van der Waals surface area (Å²) in [6, 6.07) is 0.663. The molecular formula is C8H15NO. The van der Waals surface area contributed by atoms with Crippen molar-refractivity contribution in [2.45, 2.75) is 37.8 Å². The van der Waals surface area contributed by atoms with Gasteiger partial charge in [0, 0.05) is 12.6 Å². The Labute approximate surface area is 61.9 Å². The number of rotatable bonds is 0. The molecule has 0 amide bonds. The molecule has 3 heterocycles. The number of nitrogens with one attached hydrogen (secondary N) is 1. The molecule has 2 heteroatoms. The van der Waals surface area contributed by atoms with Crippen molar-refractivity contribution in [1.29, 1.82) is 0 Å². The molecule has 2 atom stereocenters. The van der Waals surface area contributed by atoms with Crippen molar-refractivity contribution in [2.75, 3.05) is 13.2 Å². The van der Waals surface area contributed by atoms with Gasteiger partial charge < -0.3 is 10.1 Å². The van der Waals surface area contributed by atoms with Crippen LogP contribution in [-0.4, -0.2) is 25.3 Å². The van der Waals surface area contributed by atoms with Gasteiger partial charge in [-0.2, -0.15) is 0 Å². The fraction of sp³-hybridized carbons (Fsp3) is 1.00. The van der Waals surface area contributed by atoms with E-state index in [1.165, 1.54) is 25.7 Å². The number of hydrogen-bond donors (Lipinski definition) is 1. The molecule has 2 bridgehead atoms. The number of fused-ring (bicyclic) bond motifs is 5. The van der Waals surface area contributed by atoms with Crippen molar-refractivity contribution < 1.29 is 4.74 Å². The minimum absolute atomic E-state index is 0.525. The monoisotopic (exact) mass is 141 g/mol. The lowest BCUT2D eigenvalue weighted by molar-refractivity contribution is -0.0126. The topological polar surface area (TPSA) is 21.3 Å². The third-order valence-electron chi connectivity index (χ3n) is 2.50. The van der Waals surface area contributed by atoms with Crippen molar-refractivity contribution in [2.24, 2.45) is 0 Å². The van der Waals surface area contributed by atoms with Gasteiger partial charge in [-0.3, -0.25) is 0 Å². The van der Waals surface area contributed by atoms with Gasteiger partial charge in [0.2, 0.25) is 0 Å². The van der Waals surface area contributed by atoms with E-state index < -0.39 is 0 Å². The van der Waals surface area contributed by atoms with Crippen LogP contribution >= 0.6 is 0 Å². The molecule has 3 aliphatic heterocycles. The lowest BCUT2D eigenvalue weighted by Crippen LogP contribution is -2.47. The van der Waals surface area contributed by atoms with Crippen LogP contribution in [0.1, 0.15) is 25.7 Å². The van der Waals surface area contributed by atoms with Gasteiger partial charge in [0.05, 0.1) is 12.7 Å². The molecule has 10 heavy (non-hydrogen) atoms. The van der Waals surface area contributed by atoms with Gasteiger partial charge in [-0.05, 0) is 12.8 Å². The molecule has 0 radical (unpaired) electrons. The molecule has 3 aliphatic rings. The van der Waals surface area contributed by atoms with E-state index in [4.69, 9.17) is 4.74 Å². The maximum atomic E-state index is 5.62. The number of hydrogen-bond acceptors (Lipinski definition) is 2. The number of ether oxygens (including phenoxy) is 1. The van der Waals surface area contributed by atoms with Crippen molar-refractivity contribution in [3.63, 3.8) is 0 Å². The summed E-state index contributed by atoms with van der Waals surface area (Å²) in [5.41, 5.74) is 0. The van der Waals surface area contributed by atoms with Gasteiger partial charge in [-0.15, -0.1) is 0 Å². The molecule has 1 N–H and O–H groups in total. The number of morpholine rings is 1. The zero-order valence-corrected chi connectivity index (χ0v) is 6.31. The predicted molar refractivity (Wildman–Crippen MR) is 40.0 cm³/mol. The van der Waals surface area contributed by atoms with Gasteiger partial charge in [0.25, 0.3) is 0 Å². The lowest BCUT2D eigenvalue weighted by atomic mass is 10.0. The van der Waals surface area contributed by atoms with Crippen molar-refractivity contribution in [3.05, 3.63) is 0 Å². The molecule has 0 aromatic rings. The summed E-state index contributed by atoms with van der Waals surface area (Å²) >= 11 is 0. The van der Waals surface area contributed by atoms with E-state index in [0.717, 1.165) is 13.2 Å². The molecule has 0 aromatic carbocycles. The summed E-state index contributed by atoms with van der Waals surface area (Å²) in [7, 11) is 0. The van der Waals surface area contributed by atoms with Gasteiger partial charge in [-0.1, -0.05) is 12.8 Å². The van der Waals surface area contributed by atoms with E-state index in [9.17, 15) is 0 Å². The van der Waals surface area contributed by atoms with Gasteiger partial charge in [0.15, 0.2) is 0 Å². The van der Waals surface area contributed by atoms with E-state index in [-0.39, 0.29) is 0 Å². The van der Waals surface area contributed by atoms with Crippen LogP contribution in [0.2, 0.25) is 0 Å². The molecule has 0 spiro atoms. The third-order valence-corrected chi connectivity index (χ3v) is 2.50. The van der Waals surface area contributed by atoms with Gasteiger partial charge in [-0.25, -0.2) is 0 Å². The highest BCUT2D eigenvalue weighted by molar-refractivity contribution is 4.78. The second kappa shape index (κ2) is 2.89. The first-order chi connectivity index (χ1) is 4.95. The SMILES string of the molecule is C1CCC2CNC(C1)CO2. The van der Waals surface area contributed by atoms with Crippen LogP contribution in [0, 0.1) is 0 Å². The fourth-order valence-electron chi connectivity index (χ4n) is 1.80. The maximum Gasteiger partial charge on any atom is 0.0700 e. The maximum absolute atomic E-state index is 5.62. The van der Waals surface area contributed by atoms with Crippen molar-refractivity contribution in [1.82, 2.24) is 5.32 Å². The summed E-state index contributed by atoms with van der Waals surface area (Å²) in [5, 5.41) is 3.50. The lowest BCUT2D eigenvalue weighted by Gasteiger charge is -2.33. The minimum Gasteiger partial charge on any atom is -0.375 e. The average molecular weight is 141 g/mol. The molecule has 0 saturated carbocycles. The Hall–Kier alpha value is -0.0800. The second-order valence-corrected chi connectivity index (χ2v) is 3.34. The standard InChI is InChI=1S/C8H15NO/c1-2-4-8-5-9-7(3-1)6-10-8/h7-9H,1-6H2. The van der Waals surface area contributed by atoms with Gasteiger partial charge >= 0.3 is 0 Å². The van der Waals surface area contributed by atoms with E-state index in [0.29, 0.717) is 12.1 Å². The summed E-state index contributed by atoms with van der Waals surface area (Å²) in [6.07, 6.45) is 5.85. The predicted octanol–water partition coefficient (Wildman–Crippen LogP) is 0.917. The summed E-state index contributed by atoms with van der Waals surface area (Å²) < 4.78 is 5.62. The molecule has 0 aliphatic carbocycles. The first-order valence-corrected chi connectivity index (χ1v) is 4.30. The van der Waals surface area contributed by atoms with Crippen LogP contribution in [0.15, 0.2) is 0 Å². The van der Waals surface area contributed by atoms with Crippen LogP contribution in [0.25, 0.3) is 0 Å². The highest BCUT2D eigenvalue weighted by Crippen LogP contribution is 2.17. The van der Waals surface area contributed by atoms with Crippen LogP contribution in [-0.2, 0) is 4.74 Å². The largest absolute Gasteiger partial charge is 0.375 e. The molecule has 3 rings (SSSR count). The first-order valence-electron chi connectivity index (χ1n) is 4.30. The third kappa shape index (κ3) is 1.32.